The number of ether oxygens (including phenoxy) is 1. The van der Waals surface area contributed by atoms with Crippen LogP contribution >= 0.6 is 0 Å². The molecule has 0 fully saturated rings. The molecule has 0 bridgehead atoms. The molecule has 1 amide bonds. The van der Waals surface area contributed by atoms with Crippen LogP contribution in [0.15, 0.2) is 42.6 Å². The number of amides is 1. The van der Waals surface area contributed by atoms with Gasteiger partial charge < -0.3 is 9.64 Å². The molecule has 110 valence electrons. The van der Waals surface area contributed by atoms with Crippen molar-refractivity contribution in [3.05, 3.63) is 59.5 Å². The Kier molecular flexibility index (Phi) is 4.87. The SMILES string of the molecule is CCOc1ncccc1CN(C)C(=O)c1cccc(F)c1. The van der Waals surface area contributed by atoms with Crippen molar-refractivity contribution >= 4 is 5.91 Å². The smallest absolute Gasteiger partial charge is 0.254 e. The summed E-state index contributed by atoms with van der Waals surface area (Å²) in [5, 5.41) is 0. The number of pyridine rings is 1. The van der Waals surface area contributed by atoms with Gasteiger partial charge in [0.2, 0.25) is 5.88 Å². The molecule has 21 heavy (non-hydrogen) atoms. The van der Waals surface area contributed by atoms with Gasteiger partial charge in [-0.3, -0.25) is 4.79 Å². The minimum Gasteiger partial charge on any atom is -0.478 e. The third kappa shape index (κ3) is 3.78. The van der Waals surface area contributed by atoms with E-state index in [9.17, 15) is 9.18 Å². The van der Waals surface area contributed by atoms with Gasteiger partial charge in [-0.25, -0.2) is 9.37 Å². The molecule has 0 radical (unpaired) electrons. The van der Waals surface area contributed by atoms with Crippen LogP contribution < -0.4 is 4.74 Å². The number of rotatable bonds is 5. The van der Waals surface area contributed by atoms with E-state index >= 15 is 0 Å². The molecule has 0 saturated carbocycles. The zero-order valence-electron chi connectivity index (χ0n) is 12.0. The number of nitrogens with zero attached hydrogens (tertiary/aromatic N) is 2. The number of carbonyl (C=O) groups is 1. The largest absolute Gasteiger partial charge is 0.478 e. The highest BCUT2D eigenvalue weighted by molar-refractivity contribution is 5.94. The second kappa shape index (κ2) is 6.83. The number of aromatic nitrogens is 1. The first-order valence-corrected chi connectivity index (χ1v) is 6.69. The summed E-state index contributed by atoms with van der Waals surface area (Å²) in [6, 6.07) is 9.29. The summed E-state index contributed by atoms with van der Waals surface area (Å²) in [7, 11) is 1.66. The lowest BCUT2D eigenvalue weighted by Gasteiger charge is -2.18. The topological polar surface area (TPSA) is 42.4 Å². The summed E-state index contributed by atoms with van der Waals surface area (Å²) in [4.78, 5) is 17.9. The standard InChI is InChI=1S/C16H17FN2O2/c1-3-21-15-13(7-5-9-18-15)11-19(2)16(20)12-6-4-8-14(17)10-12/h4-10H,3,11H2,1-2H3. The molecule has 2 aromatic rings. The molecule has 0 unspecified atom stereocenters. The highest BCUT2D eigenvalue weighted by Gasteiger charge is 2.15. The van der Waals surface area contributed by atoms with E-state index in [2.05, 4.69) is 4.98 Å². The van der Waals surface area contributed by atoms with E-state index in [1.165, 1.54) is 23.1 Å². The first-order chi connectivity index (χ1) is 10.1. The molecule has 1 heterocycles. The van der Waals surface area contributed by atoms with Crippen LogP contribution in [0.5, 0.6) is 5.88 Å². The zero-order valence-corrected chi connectivity index (χ0v) is 12.0. The molecule has 0 aliphatic rings. The Bertz CT molecular complexity index is 631. The maximum absolute atomic E-state index is 13.2. The van der Waals surface area contributed by atoms with Crippen molar-refractivity contribution in [1.29, 1.82) is 0 Å². The molecular formula is C16H17FN2O2. The van der Waals surface area contributed by atoms with Crippen LogP contribution in [-0.2, 0) is 6.54 Å². The van der Waals surface area contributed by atoms with E-state index in [1.54, 1.807) is 25.4 Å². The molecule has 0 saturated heterocycles. The Labute approximate surface area is 123 Å². The highest BCUT2D eigenvalue weighted by Crippen LogP contribution is 2.17. The van der Waals surface area contributed by atoms with Gasteiger partial charge in [0, 0.05) is 24.4 Å². The van der Waals surface area contributed by atoms with Crippen LogP contribution in [-0.4, -0.2) is 29.4 Å². The van der Waals surface area contributed by atoms with Gasteiger partial charge in [0.1, 0.15) is 5.82 Å². The van der Waals surface area contributed by atoms with E-state index in [-0.39, 0.29) is 5.91 Å². The minimum atomic E-state index is -0.425. The first-order valence-electron chi connectivity index (χ1n) is 6.69. The van der Waals surface area contributed by atoms with Crippen molar-refractivity contribution < 1.29 is 13.9 Å². The maximum atomic E-state index is 13.2. The number of hydrogen-bond donors (Lipinski definition) is 0. The van der Waals surface area contributed by atoms with Crippen LogP contribution in [0.1, 0.15) is 22.8 Å². The van der Waals surface area contributed by atoms with Gasteiger partial charge in [-0.15, -0.1) is 0 Å². The molecule has 4 nitrogen and oxygen atoms in total. The second-order valence-corrected chi connectivity index (χ2v) is 4.57. The average Bonchev–Trinajstić information content (AvgIpc) is 2.48. The Balaban J connectivity index is 2.14. The molecule has 0 atom stereocenters. The third-order valence-corrected chi connectivity index (χ3v) is 2.96. The third-order valence-electron chi connectivity index (χ3n) is 2.96. The lowest BCUT2D eigenvalue weighted by atomic mass is 10.2. The van der Waals surface area contributed by atoms with Crippen molar-refractivity contribution in [3.63, 3.8) is 0 Å². The predicted octanol–water partition coefficient (Wildman–Crippen LogP) is 2.89. The molecule has 0 N–H and O–H groups in total. The van der Waals surface area contributed by atoms with Crippen molar-refractivity contribution in [2.75, 3.05) is 13.7 Å². The number of halogens is 1. The van der Waals surface area contributed by atoms with E-state index < -0.39 is 5.82 Å². The number of benzene rings is 1. The number of hydrogen-bond acceptors (Lipinski definition) is 3. The van der Waals surface area contributed by atoms with Crippen LogP contribution in [0, 0.1) is 5.82 Å². The first kappa shape index (κ1) is 15.0. The summed E-state index contributed by atoms with van der Waals surface area (Å²) in [6.07, 6.45) is 1.64. The van der Waals surface area contributed by atoms with Crippen molar-refractivity contribution in [2.45, 2.75) is 13.5 Å². The van der Waals surface area contributed by atoms with Crippen molar-refractivity contribution in [2.24, 2.45) is 0 Å². The minimum absolute atomic E-state index is 0.249. The molecule has 1 aromatic heterocycles. The fourth-order valence-electron chi connectivity index (χ4n) is 1.98. The quantitative estimate of drug-likeness (QED) is 0.849. The van der Waals surface area contributed by atoms with Gasteiger partial charge >= 0.3 is 0 Å². The van der Waals surface area contributed by atoms with Gasteiger partial charge in [-0.05, 0) is 31.2 Å². The summed E-state index contributed by atoms with van der Waals surface area (Å²) >= 11 is 0. The fourth-order valence-corrected chi connectivity index (χ4v) is 1.98. The Hall–Kier alpha value is -2.43. The van der Waals surface area contributed by atoms with Crippen LogP contribution in [0.4, 0.5) is 4.39 Å². The Morgan fingerprint density at radius 2 is 2.14 bits per heavy atom. The van der Waals surface area contributed by atoms with Gasteiger partial charge in [0.15, 0.2) is 0 Å². The Morgan fingerprint density at radius 3 is 2.86 bits per heavy atom. The zero-order chi connectivity index (χ0) is 15.2. The monoisotopic (exact) mass is 288 g/mol. The highest BCUT2D eigenvalue weighted by atomic mass is 19.1. The van der Waals surface area contributed by atoms with E-state index in [0.29, 0.717) is 24.6 Å². The molecule has 0 spiro atoms. The molecule has 0 aliphatic heterocycles. The fraction of sp³-hybridized carbons (Fsp3) is 0.250. The normalized spacial score (nSPS) is 10.2. The second-order valence-electron chi connectivity index (χ2n) is 4.57. The molecule has 0 aliphatic carbocycles. The van der Waals surface area contributed by atoms with Crippen molar-refractivity contribution in [1.82, 2.24) is 9.88 Å². The van der Waals surface area contributed by atoms with Gasteiger partial charge in [-0.2, -0.15) is 0 Å². The lowest BCUT2D eigenvalue weighted by Crippen LogP contribution is -2.26. The lowest BCUT2D eigenvalue weighted by molar-refractivity contribution is 0.0783. The predicted molar refractivity (Wildman–Crippen MR) is 77.6 cm³/mol. The van der Waals surface area contributed by atoms with Crippen LogP contribution in [0.3, 0.4) is 0 Å². The number of carbonyl (C=O) groups excluding carboxylic acids is 1. The van der Waals surface area contributed by atoms with E-state index in [0.717, 1.165) is 5.56 Å². The summed E-state index contributed by atoms with van der Waals surface area (Å²) in [5.41, 5.74) is 1.13. The van der Waals surface area contributed by atoms with Crippen molar-refractivity contribution in [3.8, 4) is 5.88 Å². The molecule has 5 heteroatoms. The molecular weight excluding hydrogens is 271 g/mol. The summed E-state index contributed by atoms with van der Waals surface area (Å²) in [6.45, 7) is 2.73. The van der Waals surface area contributed by atoms with Gasteiger partial charge in [0.25, 0.3) is 5.91 Å². The van der Waals surface area contributed by atoms with E-state index in [4.69, 9.17) is 4.74 Å². The molecule has 1 aromatic carbocycles. The average molecular weight is 288 g/mol. The van der Waals surface area contributed by atoms with Gasteiger partial charge in [-0.1, -0.05) is 12.1 Å². The maximum Gasteiger partial charge on any atom is 0.254 e. The van der Waals surface area contributed by atoms with Crippen LogP contribution in [0.25, 0.3) is 0 Å². The van der Waals surface area contributed by atoms with Gasteiger partial charge in [0.05, 0.1) is 13.2 Å². The molecule has 2 rings (SSSR count). The van der Waals surface area contributed by atoms with Crippen LogP contribution in [0.2, 0.25) is 0 Å². The van der Waals surface area contributed by atoms with E-state index in [1.807, 2.05) is 13.0 Å². The Morgan fingerprint density at radius 1 is 1.33 bits per heavy atom. The summed E-state index contributed by atoms with van der Waals surface area (Å²) in [5.74, 6) is -0.162. The summed E-state index contributed by atoms with van der Waals surface area (Å²) < 4.78 is 18.6.